The zero-order chi connectivity index (χ0) is 17.5. The monoisotopic (exact) mass is 329 g/mol. The Bertz CT molecular complexity index is 896. The SMILES string of the molecule is N#Cc1ccc(COC(=O)c2cccc(Oc3ccccc3)c2)cc1. The first kappa shape index (κ1) is 16.3. The summed E-state index contributed by atoms with van der Waals surface area (Å²) in [4.78, 5) is 12.2. The average Bonchev–Trinajstić information content (AvgIpc) is 2.67. The maximum Gasteiger partial charge on any atom is 0.338 e. The summed E-state index contributed by atoms with van der Waals surface area (Å²) >= 11 is 0. The second-order valence-corrected chi connectivity index (χ2v) is 5.33. The Hall–Kier alpha value is -3.58. The number of nitriles is 1. The van der Waals surface area contributed by atoms with Gasteiger partial charge in [0.15, 0.2) is 0 Å². The minimum Gasteiger partial charge on any atom is -0.457 e. The summed E-state index contributed by atoms with van der Waals surface area (Å²) in [6.45, 7) is 0.147. The van der Waals surface area contributed by atoms with Crippen LogP contribution in [0.2, 0.25) is 0 Å². The van der Waals surface area contributed by atoms with Crippen LogP contribution in [-0.2, 0) is 11.3 Å². The predicted octanol–water partition coefficient (Wildman–Crippen LogP) is 4.71. The van der Waals surface area contributed by atoms with Crippen LogP contribution in [0, 0.1) is 11.3 Å². The number of carbonyl (C=O) groups is 1. The number of para-hydroxylation sites is 1. The van der Waals surface area contributed by atoms with Crippen molar-refractivity contribution >= 4 is 5.97 Å². The lowest BCUT2D eigenvalue weighted by Gasteiger charge is -2.08. The van der Waals surface area contributed by atoms with E-state index in [9.17, 15) is 4.79 Å². The van der Waals surface area contributed by atoms with E-state index in [4.69, 9.17) is 14.7 Å². The summed E-state index contributed by atoms with van der Waals surface area (Å²) in [5.74, 6) is 0.840. The van der Waals surface area contributed by atoms with Gasteiger partial charge in [0.1, 0.15) is 18.1 Å². The van der Waals surface area contributed by atoms with E-state index in [1.807, 2.05) is 36.4 Å². The molecule has 0 unspecified atom stereocenters. The molecule has 4 heteroatoms. The third-order valence-electron chi connectivity index (χ3n) is 3.50. The van der Waals surface area contributed by atoms with E-state index in [0.29, 0.717) is 22.6 Å². The number of ether oxygens (including phenoxy) is 2. The molecule has 0 saturated carbocycles. The molecule has 3 rings (SSSR count). The quantitative estimate of drug-likeness (QED) is 0.636. The van der Waals surface area contributed by atoms with Gasteiger partial charge in [0.2, 0.25) is 0 Å². The number of benzene rings is 3. The second kappa shape index (κ2) is 7.80. The Morgan fingerprint density at radius 2 is 1.60 bits per heavy atom. The molecule has 0 amide bonds. The Morgan fingerprint density at radius 1 is 0.880 bits per heavy atom. The first-order valence-corrected chi connectivity index (χ1v) is 7.74. The molecule has 0 heterocycles. The summed E-state index contributed by atoms with van der Waals surface area (Å²) in [5, 5.41) is 8.78. The highest BCUT2D eigenvalue weighted by Crippen LogP contribution is 2.22. The standard InChI is InChI=1S/C21H15NO3/c22-14-16-9-11-17(12-10-16)15-24-21(23)18-5-4-8-20(13-18)25-19-6-2-1-3-7-19/h1-13H,15H2. The Kier molecular flexibility index (Phi) is 5.08. The molecule has 0 aliphatic carbocycles. The molecule has 0 aromatic heterocycles. The predicted molar refractivity (Wildman–Crippen MR) is 93.2 cm³/mol. The molecule has 25 heavy (non-hydrogen) atoms. The van der Waals surface area contributed by atoms with Gasteiger partial charge in [-0.2, -0.15) is 5.26 Å². The van der Waals surface area contributed by atoms with E-state index in [1.165, 1.54) is 0 Å². The van der Waals surface area contributed by atoms with Crippen molar-refractivity contribution in [2.45, 2.75) is 6.61 Å². The van der Waals surface area contributed by atoms with E-state index >= 15 is 0 Å². The maximum absolute atomic E-state index is 12.2. The van der Waals surface area contributed by atoms with Crippen molar-refractivity contribution in [3.8, 4) is 17.6 Å². The van der Waals surface area contributed by atoms with E-state index in [-0.39, 0.29) is 6.61 Å². The molecule has 0 saturated heterocycles. The van der Waals surface area contributed by atoms with Crippen LogP contribution in [0.1, 0.15) is 21.5 Å². The first-order valence-electron chi connectivity index (χ1n) is 7.74. The third-order valence-corrected chi connectivity index (χ3v) is 3.50. The smallest absolute Gasteiger partial charge is 0.338 e. The van der Waals surface area contributed by atoms with Crippen molar-refractivity contribution in [2.24, 2.45) is 0 Å². The number of rotatable bonds is 5. The number of hydrogen-bond acceptors (Lipinski definition) is 4. The molecule has 0 spiro atoms. The molecular weight excluding hydrogens is 314 g/mol. The van der Waals surface area contributed by atoms with Gasteiger partial charge < -0.3 is 9.47 Å². The zero-order valence-electron chi connectivity index (χ0n) is 13.4. The van der Waals surface area contributed by atoms with Crippen LogP contribution in [0.5, 0.6) is 11.5 Å². The van der Waals surface area contributed by atoms with Gasteiger partial charge in [-0.15, -0.1) is 0 Å². The van der Waals surface area contributed by atoms with Crippen LogP contribution < -0.4 is 4.74 Å². The molecule has 0 atom stereocenters. The average molecular weight is 329 g/mol. The summed E-state index contributed by atoms with van der Waals surface area (Å²) in [6, 6.07) is 25.2. The number of nitrogens with zero attached hydrogens (tertiary/aromatic N) is 1. The summed E-state index contributed by atoms with van der Waals surface area (Å²) in [7, 11) is 0. The highest BCUT2D eigenvalue weighted by atomic mass is 16.5. The van der Waals surface area contributed by atoms with Crippen molar-refractivity contribution in [1.82, 2.24) is 0 Å². The van der Waals surface area contributed by atoms with Gasteiger partial charge in [0, 0.05) is 0 Å². The van der Waals surface area contributed by atoms with Crippen LogP contribution in [0.15, 0.2) is 78.9 Å². The molecule has 0 radical (unpaired) electrons. The lowest BCUT2D eigenvalue weighted by molar-refractivity contribution is 0.0472. The minimum absolute atomic E-state index is 0.147. The van der Waals surface area contributed by atoms with Crippen molar-refractivity contribution in [3.05, 3.63) is 95.6 Å². The zero-order valence-corrected chi connectivity index (χ0v) is 13.4. The largest absolute Gasteiger partial charge is 0.457 e. The van der Waals surface area contributed by atoms with Gasteiger partial charge in [0.25, 0.3) is 0 Å². The maximum atomic E-state index is 12.2. The summed E-state index contributed by atoms with van der Waals surface area (Å²) < 4.78 is 11.0. The van der Waals surface area contributed by atoms with Gasteiger partial charge in [0.05, 0.1) is 17.2 Å². The molecule has 0 bridgehead atoms. The molecular formula is C21H15NO3. The molecule has 4 nitrogen and oxygen atoms in total. The lowest BCUT2D eigenvalue weighted by atomic mass is 10.1. The van der Waals surface area contributed by atoms with Gasteiger partial charge >= 0.3 is 5.97 Å². The molecule has 0 aliphatic heterocycles. The first-order chi connectivity index (χ1) is 12.2. The van der Waals surface area contributed by atoms with E-state index < -0.39 is 5.97 Å². The molecule has 3 aromatic rings. The third kappa shape index (κ3) is 4.46. The fourth-order valence-corrected chi connectivity index (χ4v) is 2.22. The highest BCUT2D eigenvalue weighted by molar-refractivity contribution is 5.89. The highest BCUT2D eigenvalue weighted by Gasteiger charge is 2.09. The lowest BCUT2D eigenvalue weighted by Crippen LogP contribution is -2.05. The molecule has 0 aliphatic rings. The Labute approximate surface area is 145 Å². The molecule has 122 valence electrons. The van der Waals surface area contributed by atoms with Crippen molar-refractivity contribution in [2.75, 3.05) is 0 Å². The molecule has 3 aromatic carbocycles. The van der Waals surface area contributed by atoms with E-state index in [1.54, 1.807) is 48.5 Å². The number of hydrogen-bond donors (Lipinski definition) is 0. The second-order valence-electron chi connectivity index (χ2n) is 5.33. The van der Waals surface area contributed by atoms with Gasteiger partial charge in [-0.25, -0.2) is 4.79 Å². The van der Waals surface area contributed by atoms with Crippen LogP contribution in [0.25, 0.3) is 0 Å². The summed E-state index contributed by atoms with van der Waals surface area (Å²) in [6.07, 6.45) is 0. The van der Waals surface area contributed by atoms with E-state index in [2.05, 4.69) is 0 Å². The number of carbonyl (C=O) groups excluding carboxylic acids is 1. The summed E-state index contributed by atoms with van der Waals surface area (Å²) in [5.41, 5.74) is 1.81. The van der Waals surface area contributed by atoms with Crippen LogP contribution in [-0.4, -0.2) is 5.97 Å². The molecule has 0 fully saturated rings. The Balaban J connectivity index is 1.63. The number of esters is 1. The topological polar surface area (TPSA) is 59.3 Å². The van der Waals surface area contributed by atoms with Crippen LogP contribution in [0.3, 0.4) is 0 Å². The fourth-order valence-electron chi connectivity index (χ4n) is 2.22. The van der Waals surface area contributed by atoms with E-state index in [0.717, 1.165) is 5.56 Å². The van der Waals surface area contributed by atoms with Crippen molar-refractivity contribution < 1.29 is 14.3 Å². The fraction of sp³-hybridized carbons (Fsp3) is 0.0476. The minimum atomic E-state index is -0.428. The van der Waals surface area contributed by atoms with Gasteiger partial charge in [-0.3, -0.25) is 0 Å². The Morgan fingerprint density at radius 3 is 2.32 bits per heavy atom. The molecule has 0 N–H and O–H groups in total. The van der Waals surface area contributed by atoms with Crippen LogP contribution >= 0.6 is 0 Å². The van der Waals surface area contributed by atoms with Crippen molar-refractivity contribution in [3.63, 3.8) is 0 Å². The van der Waals surface area contributed by atoms with Crippen molar-refractivity contribution in [1.29, 1.82) is 5.26 Å². The van der Waals surface area contributed by atoms with Gasteiger partial charge in [-0.1, -0.05) is 36.4 Å². The normalized spacial score (nSPS) is 9.88. The van der Waals surface area contributed by atoms with Crippen LogP contribution in [0.4, 0.5) is 0 Å². The van der Waals surface area contributed by atoms with Gasteiger partial charge in [-0.05, 0) is 48.0 Å².